The van der Waals surface area contributed by atoms with E-state index in [0.29, 0.717) is 13.1 Å². The van der Waals surface area contributed by atoms with Crippen LogP contribution in [0.3, 0.4) is 0 Å². The second-order valence-corrected chi connectivity index (χ2v) is 10.5. The van der Waals surface area contributed by atoms with E-state index in [1.54, 1.807) is 7.05 Å². The van der Waals surface area contributed by atoms with Gasteiger partial charge in [-0.25, -0.2) is 9.18 Å². The van der Waals surface area contributed by atoms with E-state index in [-0.39, 0.29) is 28.0 Å². The standard InChI is InChI=1S/C23H26FN11O5S2/c1-34(11-28-27-7-13-4-2-3-12(5-13)6-25)29-8-14-9-41-21-16(20(37)35(21)17(14)22(38)39)30-19(36)15(32-40-10-24)18-31-23(26)42-33-18/h2-5,8,11,16,21,27H,6-7,9-10,25H2,1H3,(H,30,36)(H,38,39)(H2,26,31,33)/b28-11+,29-8?,32-15-/t16?,21-/m0/s1. The molecule has 4 rings (SSSR count). The molecule has 7 N–H and O–H groups in total. The van der Waals surface area contributed by atoms with E-state index >= 15 is 0 Å². The number of nitrogens with zero attached hydrogens (tertiary/aromatic N) is 7. The smallest absolute Gasteiger partial charge is 0.353 e. The number of anilines is 1. The van der Waals surface area contributed by atoms with Crippen LogP contribution < -0.4 is 22.2 Å². The Kier molecular flexibility index (Phi) is 9.99. The van der Waals surface area contributed by atoms with Crippen molar-refractivity contribution in [2.45, 2.75) is 24.5 Å². The van der Waals surface area contributed by atoms with Crippen LogP contribution in [0.15, 0.2) is 50.9 Å². The molecule has 19 heteroatoms. The minimum atomic E-state index is -1.33. The number of nitrogens with two attached hydrogens (primary N) is 2. The van der Waals surface area contributed by atoms with E-state index in [1.807, 2.05) is 24.3 Å². The lowest BCUT2D eigenvalue weighted by molar-refractivity contribution is -0.150. The number of thioether (sulfide) groups is 1. The summed E-state index contributed by atoms with van der Waals surface area (Å²) >= 11 is 2.00. The Morgan fingerprint density at radius 1 is 1.38 bits per heavy atom. The number of nitrogen functional groups attached to an aromatic ring is 1. The van der Waals surface area contributed by atoms with Crippen molar-refractivity contribution in [2.24, 2.45) is 21.1 Å². The highest BCUT2D eigenvalue weighted by molar-refractivity contribution is 8.00. The first-order valence-corrected chi connectivity index (χ1v) is 13.9. The predicted molar refractivity (Wildman–Crippen MR) is 154 cm³/mol. The van der Waals surface area contributed by atoms with Gasteiger partial charge in [0.15, 0.2) is 5.13 Å². The van der Waals surface area contributed by atoms with E-state index in [4.69, 9.17) is 11.5 Å². The van der Waals surface area contributed by atoms with Gasteiger partial charge in [-0.3, -0.25) is 19.5 Å². The van der Waals surface area contributed by atoms with Gasteiger partial charge in [-0.1, -0.05) is 29.4 Å². The number of nitrogens with one attached hydrogen (secondary N) is 2. The number of halogens is 1. The van der Waals surface area contributed by atoms with Gasteiger partial charge < -0.3 is 32.2 Å². The number of benzene rings is 1. The Morgan fingerprint density at radius 3 is 2.86 bits per heavy atom. The number of alkyl halides is 1. The van der Waals surface area contributed by atoms with Crippen LogP contribution in [0, 0.1) is 0 Å². The molecule has 2 amide bonds. The summed E-state index contributed by atoms with van der Waals surface area (Å²) in [5.41, 5.74) is 15.6. The molecule has 2 aliphatic heterocycles. The molecule has 1 unspecified atom stereocenters. The Labute approximate surface area is 246 Å². The number of fused-ring (bicyclic) bond motifs is 1. The lowest BCUT2D eigenvalue weighted by Gasteiger charge is -2.49. The van der Waals surface area contributed by atoms with E-state index in [0.717, 1.165) is 27.6 Å². The summed E-state index contributed by atoms with van der Waals surface area (Å²) < 4.78 is 16.4. The normalized spacial score (nSPS) is 18.7. The third-order valence-electron chi connectivity index (χ3n) is 5.78. The zero-order valence-corrected chi connectivity index (χ0v) is 23.6. The molecule has 42 heavy (non-hydrogen) atoms. The molecule has 222 valence electrons. The number of rotatable bonds is 13. The first-order valence-electron chi connectivity index (χ1n) is 12.1. The number of carbonyl (C=O) groups excluding carboxylic acids is 2. The number of aliphatic carboxylic acids is 1. The summed E-state index contributed by atoms with van der Waals surface area (Å²) in [6, 6.07) is 6.65. The van der Waals surface area contributed by atoms with Gasteiger partial charge in [0.2, 0.25) is 11.5 Å². The summed E-state index contributed by atoms with van der Waals surface area (Å²) in [4.78, 5) is 47.2. The van der Waals surface area contributed by atoms with Crippen LogP contribution >= 0.6 is 23.3 Å². The third-order valence-corrected chi connectivity index (χ3v) is 7.63. The summed E-state index contributed by atoms with van der Waals surface area (Å²) in [7, 11) is 1.60. The average Bonchev–Trinajstić information content (AvgIpc) is 3.42. The van der Waals surface area contributed by atoms with Gasteiger partial charge in [0.25, 0.3) is 18.7 Å². The van der Waals surface area contributed by atoms with Gasteiger partial charge in [0.1, 0.15) is 23.5 Å². The van der Waals surface area contributed by atoms with Gasteiger partial charge in [0, 0.05) is 36.5 Å². The number of β-lactam (4-membered cyclic amide) rings is 1. The zero-order valence-electron chi connectivity index (χ0n) is 22.0. The van der Waals surface area contributed by atoms with Crippen LogP contribution in [0.4, 0.5) is 9.52 Å². The molecule has 2 aromatic rings. The van der Waals surface area contributed by atoms with Crippen molar-refractivity contribution in [2.75, 3.05) is 25.4 Å². The highest BCUT2D eigenvalue weighted by Gasteiger charge is 2.54. The van der Waals surface area contributed by atoms with Gasteiger partial charge in [-0.15, -0.1) is 11.8 Å². The van der Waals surface area contributed by atoms with E-state index in [2.05, 4.69) is 40.3 Å². The Morgan fingerprint density at radius 2 is 2.17 bits per heavy atom. The van der Waals surface area contributed by atoms with Gasteiger partial charge in [-0.2, -0.15) is 19.6 Å². The first kappa shape index (κ1) is 30.3. The van der Waals surface area contributed by atoms with E-state index in [9.17, 15) is 23.9 Å². The number of carbonyl (C=O) groups is 3. The van der Waals surface area contributed by atoms with Crippen LogP contribution in [0.2, 0.25) is 0 Å². The second kappa shape index (κ2) is 13.8. The van der Waals surface area contributed by atoms with Crippen molar-refractivity contribution in [3.05, 3.63) is 52.5 Å². The molecule has 2 aliphatic rings. The summed E-state index contributed by atoms with van der Waals surface area (Å²) in [5.74, 6) is -2.95. The largest absolute Gasteiger partial charge is 0.477 e. The van der Waals surface area contributed by atoms with E-state index in [1.165, 1.54) is 29.3 Å². The molecule has 0 bridgehead atoms. The highest BCUT2D eigenvalue weighted by Crippen LogP contribution is 2.40. The summed E-state index contributed by atoms with van der Waals surface area (Å²) in [6.45, 7) is -0.412. The number of aromatic nitrogens is 2. The maximum absolute atomic E-state index is 13.0. The Balaban J connectivity index is 1.39. The van der Waals surface area contributed by atoms with Crippen molar-refractivity contribution in [1.82, 2.24) is 30.0 Å². The number of amides is 2. The molecule has 0 saturated carbocycles. The Hall–Kier alpha value is -4.62. The Bertz CT molecular complexity index is 1460. The highest BCUT2D eigenvalue weighted by atomic mass is 32.2. The molecule has 3 heterocycles. The summed E-state index contributed by atoms with van der Waals surface area (Å²) in [6.07, 6.45) is 2.74. The number of hydrazone groups is 2. The minimum Gasteiger partial charge on any atom is -0.477 e. The van der Waals surface area contributed by atoms with Crippen LogP contribution in [-0.2, 0) is 32.3 Å². The van der Waals surface area contributed by atoms with Gasteiger partial charge in [-0.05, 0) is 11.1 Å². The molecule has 16 nitrogen and oxygen atoms in total. The molecule has 0 radical (unpaired) electrons. The minimum absolute atomic E-state index is 0.0340. The van der Waals surface area contributed by atoms with Crippen molar-refractivity contribution < 1.29 is 28.7 Å². The fraction of sp³-hybridized carbons (Fsp3) is 0.304. The molecule has 1 saturated heterocycles. The molecule has 0 spiro atoms. The fourth-order valence-corrected chi connectivity index (χ4v) is 5.61. The molecule has 1 fully saturated rings. The molecule has 2 atom stereocenters. The third kappa shape index (κ3) is 6.98. The number of hydrogen-bond acceptors (Lipinski definition) is 14. The number of hydrogen-bond donors (Lipinski definition) is 5. The maximum atomic E-state index is 13.0. The monoisotopic (exact) mass is 619 g/mol. The molecule has 1 aromatic heterocycles. The van der Waals surface area contributed by atoms with Gasteiger partial charge >= 0.3 is 5.97 Å². The summed E-state index contributed by atoms with van der Waals surface area (Å²) in [5, 5.41) is 24.7. The van der Waals surface area contributed by atoms with E-state index < -0.39 is 41.8 Å². The van der Waals surface area contributed by atoms with Crippen LogP contribution in [0.5, 0.6) is 0 Å². The molecular formula is C23H26FN11O5S2. The van der Waals surface area contributed by atoms with Crippen LogP contribution in [-0.4, -0.2) is 91.5 Å². The second-order valence-electron chi connectivity index (χ2n) is 8.60. The average molecular weight is 620 g/mol. The van der Waals surface area contributed by atoms with Gasteiger partial charge in [0.05, 0.1) is 12.8 Å². The number of carboxylic acid groups (broad SMARTS) is 1. The van der Waals surface area contributed by atoms with Crippen molar-refractivity contribution in [3.63, 3.8) is 0 Å². The number of oxime groups is 1. The zero-order chi connectivity index (χ0) is 30.2. The van der Waals surface area contributed by atoms with Crippen LogP contribution in [0.25, 0.3) is 0 Å². The fourth-order valence-electron chi connectivity index (χ4n) is 3.87. The number of carboxylic acids is 1. The lowest BCUT2D eigenvalue weighted by Crippen LogP contribution is -2.71. The quantitative estimate of drug-likeness (QED) is 0.0837. The van der Waals surface area contributed by atoms with Crippen molar-refractivity contribution >= 4 is 64.5 Å². The maximum Gasteiger partial charge on any atom is 0.353 e. The predicted octanol–water partition coefficient (Wildman–Crippen LogP) is -0.384. The van der Waals surface area contributed by atoms with Crippen molar-refractivity contribution in [1.29, 1.82) is 0 Å². The molecule has 0 aliphatic carbocycles. The lowest BCUT2D eigenvalue weighted by atomic mass is 10.0. The molecule has 1 aromatic carbocycles. The van der Waals surface area contributed by atoms with Crippen LogP contribution in [0.1, 0.15) is 17.0 Å². The SMILES string of the molecule is CN(/C=N/NCc1cccc(CN)c1)N=CC1=C(C(=O)O)N2C(=O)C(NC(=O)/C(=N\OCF)c3nsc(N)n3)[C@@H]2SC1. The molecular weight excluding hydrogens is 593 g/mol. The first-order chi connectivity index (χ1) is 20.2. The topological polar surface area (TPSA) is 226 Å². The van der Waals surface area contributed by atoms with Crippen molar-refractivity contribution in [3.8, 4) is 0 Å².